The predicted octanol–water partition coefficient (Wildman–Crippen LogP) is 5.44. The van der Waals surface area contributed by atoms with Gasteiger partial charge in [-0.2, -0.15) is 0 Å². The monoisotopic (exact) mass is 510 g/mol. The van der Waals surface area contributed by atoms with Crippen LogP contribution in [-0.2, 0) is 26.0 Å². The van der Waals surface area contributed by atoms with Gasteiger partial charge < -0.3 is 10.1 Å². The van der Waals surface area contributed by atoms with Crippen LogP contribution >= 0.6 is 11.8 Å². The number of amides is 1. The summed E-state index contributed by atoms with van der Waals surface area (Å²) in [6.07, 6.45) is 0.179. The molecule has 0 saturated carbocycles. The second-order valence-electron chi connectivity index (χ2n) is 9.62. The van der Waals surface area contributed by atoms with Crippen molar-refractivity contribution in [2.45, 2.75) is 42.9 Å². The van der Waals surface area contributed by atoms with Crippen molar-refractivity contribution < 1.29 is 17.9 Å². The fourth-order valence-electron chi connectivity index (χ4n) is 3.76. The number of benzene rings is 3. The summed E-state index contributed by atoms with van der Waals surface area (Å²) in [4.78, 5) is 14.2. The number of fused-ring (bicyclic) bond motifs is 1. The fourth-order valence-corrected chi connectivity index (χ4v) is 5.54. The number of nitrogens with zero attached hydrogens (tertiary/aromatic N) is 1. The van der Waals surface area contributed by atoms with Gasteiger partial charge in [-0.3, -0.25) is 9.10 Å². The van der Waals surface area contributed by atoms with Gasteiger partial charge in [0.25, 0.3) is 5.91 Å². The van der Waals surface area contributed by atoms with E-state index in [0.717, 1.165) is 23.1 Å². The highest BCUT2D eigenvalue weighted by molar-refractivity contribution is 7.98. The molecule has 3 aromatic carbocycles. The molecule has 1 heterocycles. The number of hydrogen-bond acceptors (Lipinski definition) is 5. The smallest absolute Gasteiger partial charge is 0.267 e. The number of hydrogen-bond donors (Lipinski definition) is 1. The van der Waals surface area contributed by atoms with Gasteiger partial charge in [-0.1, -0.05) is 57.2 Å². The van der Waals surface area contributed by atoms with E-state index in [0.29, 0.717) is 17.1 Å². The Kier molecular flexibility index (Phi) is 7.15. The number of carbonyl (C=O) groups is 1. The van der Waals surface area contributed by atoms with Crippen molar-refractivity contribution in [2.75, 3.05) is 22.4 Å². The third-order valence-corrected chi connectivity index (χ3v) is 7.99. The molecule has 3 aromatic rings. The molecular weight excluding hydrogens is 480 g/mol. The molecule has 1 aliphatic rings. The summed E-state index contributed by atoms with van der Waals surface area (Å²) < 4.78 is 32.4. The molecule has 1 N–H and O–H groups in total. The van der Waals surface area contributed by atoms with Gasteiger partial charge in [-0.15, -0.1) is 11.8 Å². The lowest BCUT2D eigenvalue weighted by atomic mass is 9.86. The van der Waals surface area contributed by atoms with E-state index in [1.807, 2.05) is 54.6 Å². The Balaban J connectivity index is 1.46. The molecule has 0 aromatic heterocycles. The van der Waals surface area contributed by atoms with Crippen molar-refractivity contribution in [1.29, 1.82) is 0 Å². The molecule has 0 spiro atoms. The highest BCUT2D eigenvalue weighted by Gasteiger charge is 2.36. The normalized spacial score (nSPS) is 15.8. The molecule has 8 heteroatoms. The predicted molar refractivity (Wildman–Crippen MR) is 143 cm³/mol. The molecular formula is C27H30N2O4S2. The Morgan fingerprint density at radius 1 is 1.06 bits per heavy atom. The Labute approximate surface area is 211 Å². The van der Waals surface area contributed by atoms with E-state index in [1.54, 1.807) is 17.8 Å². The van der Waals surface area contributed by atoms with Gasteiger partial charge in [0.15, 0.2) is 6.10 Å². The average Bonchev–Trinajstić information content (AvgIpc) is 2.82. The summed E-state index contributed by atoms with van der Waals surface area (Å²) in [6, 6.07) is 23.3. The van der Waals surface area contributed by atoms with Crippen LogP contribution in [0, 0.1) is 0 Å². The molecule has 6 nitrogen and oxygen atoms in total. The van der Waals surface area contributed by atoms with Crippen molar-refractivity contribution >= 4 is 39.1 Å². The van der Waals surface area contributed by atoms with Gasteiger partial charge in [0.2, 0.25) is 10.0 Å². The maximum Gasteiger partial charge on any atom is 0.267 e. The zero-order chi connectivity index (χ0) is 25.2. The largest absolute Gasteiger partial charge is 0.476 e. The van der Waals surface area contributed by atoms with Gasteiger partial charge in [-0.25, -0.2) is 8.42 Å². The van der Waals surface area contributed by atoms with Gasteiger partial charge in [0.1, 0.15) is 5.75 Å². The summed E-state index contributed by atoms with van der Waals surface area (Å²) in [7, 11) is -3.60. The minimum absolute atomic E-state index is 0.0862. The first kappa shape index (κ1) is 25.1. The van der Waals surface area contributed by atoms with Crippen LogP contribution in [0.5, 0.6) is 5.75 Å². The van der Waals surface area contributed by atoms with Crippen LogP contribution in [0.2, 0.25) is 0 Å². The summed E-state index contributed by atoms with van der Waals surface area (Å²) in [5.41, 5.74) is 3.06. The zero-order valence-electron chi connectivity index (χ0n) is 20.3. The van der Waals surface area contributed by atoms with Crippen LogP contribution in [0.1, 0.15) is 31.9 Å². The third kappa shape index (κ3) is 6.18. The quantitative estimate of drug-likeness (QED) is 0.447. The standard InChI is InChI=1S/C27H30N2O4S2/c1-27(2,3)20-12-15-24-23(16-20)29(35(4,31)32)17-25(33-24)26(30)28-21-13-10-19(11-14-21)18-34-22-8-6-5-7-9-22/h5-16,25H,17-18H2,1-4H3,(H,28,30). The molecule has 0 bridgehead atoms. The average molecular weight is 511 g/mol. The van der Waals surface area contributed by atoms with Crippen LogP contribution in [0.4, 0.5) is 11.4 Å². The van der Waals surface area contributed by atoms with Crippen LogP contribution in [0.3, 0.4) is 0 Å². The first-order chi connectivity index (χ1) is 16.5. The molecule has 1 atom stereocenters. The molecule has 0 radical (unpaired) electrons. The topological polar surface area (TPSA) is 75.7 Å². The van der Waals surface area contributed by atoms with E-state index in [4.69, 9.17) is 4.74 Å². The molecule has 1 amide bonds. The summed E-state index contributed by atoms with van der Waals surface area (Å²) in [5.74, 6) is 0.805. The van der Waals surface area contributed by atoms with Gasteiger partial charge >= 0.3 is 0 Å². The van der Waals surface area contributed by atoms with E-state index in [-0.39, 0.29) is 12.0 Å². The van der Waals surface area contributed by atoms with E-state index >= 15 is 0 Å². The highest BCUT2D eigenvalue weighted by Crippen LogP contribution is 2.38. The Hall–Kier alpha value is -2.97. The number of anilines is 2. The summed E-state index contributed by atoms with van der Waals surface area (Å²) in [5, 5.41) is 2.86. The minimum atomic E-state index is -3.60. The maximum atomic E-state index is 13.0. The Bertz CT molecular complexity index is 1300. The lowest BCUT2D eigenvalue weighted by Gasteiger charge is -2.35. The maximum absolute atomic E-state index is 13.0. The fraction of sp³-hybridized carbons (Fsp3) is 0.296. The third-order valence-electron chi connectivity index (χ3n) is 5.76. The Morgan fingerprint density at radius 3 is 2.37 bits per heavy atom. The van der Waals surface area contributed by atoms with E-state index in [1.165, 1.54) is 9.20 Å². The number of nitrogens with one attached hydrogen (secondary N) is 1. The number of thioether (sulfide) groups is 1. The van der Waals surface area contributed by atoms with Crippen molar-refractivity contribution in [3.05, 3.63) is 83.9 Å². The van der Waals surface area contributed by atoms with Crippen molar-refractivity contribution in [3.8, 4) is 5.75 Å². The minimum Gasteiger partial charge on any atom is -0.476 e. The van der Waals surface area contributed by atoms with E-state index in [2.05, 4.69) is 38.2 Å². The molecule has 35 heavy (non-hydrogen) atoms. The van der Waals surface area contributed by atoms with Gasteiger partial charge in [0, 0.05) is 16.3 Å². The van der Waals surface area contributed by atoms with E-state index < -0.39 is 22.0 Å². The molecule has 4 rings (SSSR count). The molecule has 184 valence electrons. The Morgan fingerprint density at radius 2 is 1.74 bits per heavy atom. The van der Waals surface area contributed by atoms with E-state index in [9.17, 15) is 13.2 Å². The van der Waals surface area contributed by atoms with Crippen molar-refractivity contribution in [3.63, 3.8) is 0 Å². The molecule has 1 unspecified atom stereocenters. The van der Waals surface area contributed by atoms with Crippen molar-refractivity contribution in [1.82, 2.24) is 0 Å². The lowest BCUT2D eigenvalue weighted by Crippen LogP contribution is -2.48. The van der Waals surface area contributed by atoms with Gasteiger partial charge in [-0.05, 0) is 52.9 Å². The first-order valence-corrected chi connectivity index (χ1v) is 14.2. The SMILES string of the molecule is CC(C)(C)c1ccc2c(c1)N(S(C)(=O)=O)CC(C(=O)Nc1ccc(CSc3ccccc3)cc1)O2. The van der Waals surface area contributed by atoms with Gasteiger partial charge in [0.05, 0.1) is 18.5 Å². The van der Waals surface area contributed by atoms with Crippen LogP contribution in [0.25, 0.3) is 0 Å². The number of rotatable bonds is 6. The second-order valence-corrected chi connectivity index (χ2v) is 12.6. The van der Waals surface area contributed by atoms with Crippen molar-refractivity contribution in [2.24, 2.45) is 0 Å². The molecule has 0 aliphatic carbocycles. The second kappa shape index (κ2) is 9.95. The zero-order valence-corrected chi connectivity index (χ0v) is 21.9. The lowest BCUT2D eigenvalue weighted by molar-refractivity contribution is -0.122. The number of sulfonamides is 1. The van der Waals surface area contributed by atoms with Crippen LogP contribution in [0.15, 0.2) is 77.7 Å². The summed E-state index contributed by atoms with van der Waals surface area (Å²) >= 11 is 1.74. The molecule has 0 fully saturated rings. The first-order valence-electron chi connectivity index (χ1n) is 11.4. The molecule has 1 aliphatic heterocycles. The number of ether oxygens (including phenoxy) is 1. The highest BCUT2D eigenvalue weighted by atomic mass is 32.2. The summed E-state index contributed by atoms with van der Waals surface area (Å²) in [6.45, 7) is 6.10. The van der Waals surface area contributed by atoms with Crippen LogP contribution in [-0.4, -0.2) is 33.2 Å². The molecule has 0 saturated heterocycles. The van der Waals surface area contributed by atoms with Crippen LogP contribution < -0.4 is 14.4 Å². The number of carbonyl (C=O) groups excluding carboxylic acids is 1.